The number of thiophene rings is 1. The molecule has 2 rings (SSSR count). The Hall–Kier alpha value is -0.900. The van der Waals surface area contributed by atoms with Crippen molar-refractivity contribution in [2.45, 2.75) is 32.7 Å². The molecule has 1 unspecified atom stereocenters. The molecule has 0 aliphatic heterocycles. The largest absolute Gasteiger partial charge is 0.306 e. The maximum atomic E-state index is 13.7. The average molecular weight is 312 g/mol. The van der Waals surface area contributed by atoms with Gasteiger partial charge in [-0.15, -0.1) is 11.3 Å². The first-order valence-corrected chi connectivity index (χ1v) is 8.12. The molecule has 1 N–H and O–H groups in total. The number of hydrogen-bond donors (Lipinski definition) is 1. The van der Waals surface area contributed by atoms with Gasteiger partial charge in [-0.3, -0.25) is 0 Å². The minimum absolute atomic E-state index is 0.0385. The summed E-state index contributed by atoms with van der Waals surface area (Å²) in [4.78, 5) is 2.51. The van der Waals surface area contributed by atoms with Crippen molar-refractivity contribution >= 4 is 22.9 Å². The third kappa shape index (κ3) is 3.40. The molecule has 1 atom stereocenters. The summed E-state index contributed by atoms with van der Waals surface area (Å²) in [6.45, 7) is 5.12. The van der Waals surface area contributed by atoms with Crippen molar-refractivity contribution in [3.63, 3.8) is 0 Å². The van der Waals surface area contributed by atoms with E-state index in [4.69, 9.17) is 11.6 Å². The van der Waals surface area contributed by atoms with E-state index >= 15 is 0 Å². The van der Waals surface area contributed by atoms with E-state index in [1.807, 2.05) is 6.07 Å². The number of benzene rings is 1. The van der Waals surface area contributed by atoms with Crippen LogP contribution in [0.5, 0.6) is 0 Å². The van der Waals surface area contributed by atoms with E-state index in [2.05, 4.69) is 31.3 Å². The number of aryl methyl sites for hydroxylation is 1. The van der Waals surface area contributed by atoms with E-state index in [0.717, 1.165) is 24.9 Å². The Labute approximate surface area is 128 Å². The quantitative estimate of drug-likeness (QED) is 0.774. The number of hydrogen-bond acceptors (Lipinski definition) is 2. The standard InChI is InChI=1S/C16H19ClFNS/c1-3-10-19-16(14-9-8-11(4-2)20-14)12-6-5-7-13(18)15(12)17/h5-9,16,19H,3-4,10H2,1-2H3. The molecule has 108 valence electrons. The van der Waals surface area contributed by atoms with Gasteiger partial charge in [-0.25, -0.2) is 4.39 Å². The summed E-state index contributed by atoms with van der Waals surface area (Å²) >= 11 is 7.90. The van der Waals surface area contributed by atoms with Gasteiger partial charge in [0.05, 0.1) is 11.1 Å². The van der Waals surface area contributed by atoms with Crippen LogP contribution in [0.15, 0.2) is 30.3 Å². The van der Waals surface area contributed by atoms with Crippen LogP contribution in [0.1, 0.15) is 41.6 Å². The van der Waals surface area contributed by atoms with Crippen molar-refractivity contribution in [2.75, 3.05) is 6.54 Å². The normalized spacial score (nSPS) is 12.6. The highest BCUT2D eigenvalue weighted by molar-refractivity contribution is 7.12. The Bertz CT molecular complexity index is 567. The number of rotatable bonds is 6. The van der Waals surface area contributed by atoms with Crippen molar-refractivity contribution in [3.05, 3.63) is 56.5 Å². The molecule has 0 saturated carbocycles. The zero-order valence-corrected chi connectivity index (χ0v) is 13.3. The van der Waals surface area contributed by atoms with Gasteiger partial charge in [0.1, 0.15) is 5.82 Å². The van der Waals surface area contributed by atoms with Crippen LogP contribution >= 0.6 is 22.9 Å². The first kappa shape index (κ1) is 15.5. The highest BCUT2D eigenvalue weighted by Gasteiger charge is 2.19. The fraction of sp³-hybridized carbons (Fsp3) is 0.375. The molecule has 0 fully saturated rings. The van der Waals surface area contributed by atoms with Crippen LogP contribution in [0, 0.1) is 5.82 Å². The average Bonchev–Trinajstić information content (AvgIpc) is 2.92. The van der Waals surface area contributed by atoms with Gasteiger partial charge in [0, 0.05) is 9.75 Å². The van der Waals surface area contributed by atoms with Crippen LogP contribution in [0.3, 0.4) is 0 Å². The van der Waals surface area contributed by atoms with Crippen molar-refractivity contribution in [1.82, 2.24) is 5.32 Å². The molecule has 0 radical (unpaired) electrons. The molecular formula is C16H19ClFNS. The molecule has 20 heavy (non-hydrogen) atoms. The first-order valence-electron chi connectivity index (χ1n) is 6.93. The Balaban J connectivity index is 2.38. The van der Waals surface area contributed by atoms with Crippen molar-refractivity contribution in [3.8, 4) is 0 Å². The maximum Gasteiger partial charge on any atom is 0.142 e. The van der Waals surface area contributed by atoms with Crippen molar-refractivity contribution in [1.29, 1.82) is 0 Å². The topological polar surface area (TPSA) is 12.0 Å². The molecule has 1 aromatic heterocycles. The predicted octanol–water partition coefficient (Wildman–Crippen LogP) is 5.19. The SMILES string of the molecule is CCCNC(c1ccc(CC)s1)c1cccc(F)c1Cl. The van der Waals surface area contributed by atoms with Crippen LogP contribution in [0.4, 0.5) is 4.39 Å². The fourth-order valence-electron chi connectivity index (χ4n) is 2.14. The van der Waals surface area contributed by atoms with Gasteiger partial charge in [0.15, 0.2) is 0 Å². The van der Waals surface area contributed by atoms with Gasteiger partial charge in [0.25, 0.3) is 0 Å². The fourth-order valence-corrected chi connectivity index (χ4v) is 3.42. The third-order valence-electron chi connectivity index (χ3n) is 3.21. The first-order chi connectivity index (χ1) is 9.67. The maximum absolute atomic E-state index is 13.7. The second-order valence-electron chi connectivity index (χ2n) is 4.69. The summed E-state index contributed by atoms with van der Waals surface area (Å²) in [5.74, 6) is -0.361. The van der Waals surface area contributed by atoms with Crippen molar-refractivity contribution < 1.29 is 4.39 Å². The molecular weight excluding hydrogens is 293 g/mol. The zero-order chi connectivity index (χ0) is 14.5. The number of nitrogens with one attached hydrogen (secondary N) is 1. The van der Waals surface area contributed by atoms with Gasteiger partial charge < -0.3 is 5.32 Å². The third-order valence-corrected chi connectivity index (χ3v) is 4.90. The Morgan fingerprint density at radius 2 is 2.05 bits per heavy atom. The Morgan fingerprint density at radius 1 is 1.25 bits per heavy atom. The van der Waals surface area contributed by atoms with Crippen LogP contribution in [-0.2, 0) is 6.42 Å². The smallest absolute Gasteiger partial charge is 0.142 e. The molecule has 4 heteroatoms. The summed E-state index contributed by atoms with van der Waals surface area (Å²) in [5, 5.41) is 3.68. The van der Waals surface area contributed by atoms with E-state index in [0.29, 0.717) is 0 Å². The monoisotopic (exact) mass is 311 g/mol. The summed E-state index contributed by atoms with van der Waals surface area (Å²) in [6, 6.07) is 9.21. The Morgan fingerprint density at radius 3 is 2.70 bits per heavy atom. The molecule has 1 nitrogen and oxygen atoms in total. The molecule has 0 spiro atoms. The molecule has 0 aliphatic rings. The van der Waals surface area contributed by atoms with Gasteiger partial charge in [-0.1, -0.05) is 37.6 Å². The minimum Gasteiger partial charge on any atom is -0.306 e. The lowest BCUT2D eigenvalue weighted by molar-refractivity contribution is 0.591. The number of halogens is 2. The predicted molar refractivity (Wildman–Crippen MR) is 85.2 cm³/mol. The summed E-state index contributed by atoms with van der Waals surface area (Å²) in [6.07, 6.45) is 2.04. The molecule has 0 saturated heterocycles. The highest BCUT2D eigenvalue weighted by atomic mass is 35.5. The van der Waals surface area contributed by atoms with Gasteiger partial charge in [-0.05, 0) is 43.1 Å². The van der Waals surface area contributed by atoms with Crippen molar-refractivity contribution in [2.24, 2.45) is 0 Å². The van der Waals surface area contributed by atoms with Crippen LogP contribution < -0.4 is 5.32 Å². The lowest BCUT2D eigenvalue weighted by Crippen LogP contribution is -2.22. The van der Waals surface area contributed by atoms with E-state index < -0.39 is 0 Å². The van der Waals surface area contributed by atoms with E-state index in [9.17, 15) is 4.39 Å². The van der Waals surface area contributed by atoms with E-state index in [-0.39, 0.29) is 16.9 Å². The Kier molecular flexibility index (Phi) is 5.58. The van der Waals surface area contributed by atoms with Crippen LogP contribution in [0.25, 0.3) is 0 Å². The highest BCUT2D eigenvalue weighted by Crippen LogP contribution is 2.33. The summed E-state index contributed by atoms with van der Waals surface area (Å²) < 4.78 is 13.7. The molecule has 0 bridgehead atoms. The molecule has 2 aromatic rings. The second kappa shape index (κ2) is 7.21. The second-order valence-corrected chi connectivity index (χ2v) is 6.27. The van der Waals surface area contributed by atoms with Gasteiger partial charge in [-0.2, -0.15) is 0 Å². The lowest BCUT2D eigenvalue weighted by atomic mass is 10.0. The molecule has 0 aliphatic carbocycles. The van der Waals surface area contributed by atoms with E-state index in [1.54, 1.807) is 17.4 Å². The lowest BCUT2D eigenvalue weighted by Gasteiger charge is -2.19. The minimum atomic E-state index is -0.361. The zero-order valence-electron chi connectivity index (χ0n) is 11.7. The molecule has 1 aromatic carbocycles. The van der Waals surface area contributed by atoms with Crippen LogP contribution in [0.2, 0.25) is 5.02 Å². The molecule has 0 amide bonds. The summed E-state index contributed by atoms with van der Waals surface area (Å²) in [7, 11) is 0. The van der Waals surface area contributed by atoms with E-state index in [1.165, 1.54) is 15.8 Å². The molecule has 1 heterocycles. The van der Waals surface area contributed by atoms with Crippen LogP contribution in [-0.4, -0.2) is 6.54 Å². The van der Waals surface area contributed by atoms with Gasteiger partial charge in [0.2, 0.25) is 0 Å². The summed E-state index contributed by atoms with van der Waals surface area (Å²) in [5.41, 5.74) is 0.810. The van der Waals surface area contributed by atoms with Gasteiger partial charge >= 0.3 is 0 Å².